The van der Waals surface area contributed by atoms with Gasteiger partial charge in [0.05, 0.1) is 23.4 Å². The molecule has 0 bridgehead atoms. The second-order valence-electron chi connectivity index (χ2n) is 4.01. The van der Waals surface area contributed by atoms with Gasteiger partial charge in [0.15, 0.2) is 0 Å². The predicted molar refractivity (Wildman–Crippen MR) is 68.2 cm³/mol. The number of ether oxygens (including phenoxy) is 1. The molecule has 1 aliphatic rings. The molecule has 0 radical (unpaired) electrons. The van der Waals surface area contributed by atoms with E-state index in [9.17, 15) is 9.59 Å². The molecule has 1 saturated heterocycles. The number of likely N-dealkylation sites (N-methyl/N-ethyl adjacent to an activating group) is 1. The summed E-state index contributed by atoms with van der Waals surface area (Å²) in [6.45, 7) is 1.19. The molecular formula is C12H13ClN2O3. The van der Waals surface area contributed by atoms with E-state index in [0.29, 0.717) is 29.4 Å². The number of rotatable bonds is 2. The fourth-order valence-electron chi connectivity index (χ4n) is 1.84. The number of esters is 1. The zero-order valence-corrected chi connectivity index (χ0v) is 10.9. The molecule has 0 N–H and O–H groups in total. The minimum absolute atomic E-state index is 0.126. The molecule has 1 fully saturated rings. The third kappa shape index (κ3) is 2.13. The van der Waals surface area contributed by atoms with Crippen LogP contribution < -0.4 is 4.90 Å². The molecule has 1 aromatic rings. The van der Waals surface area contributed by atoms with Gasteiger partial charge in [-0.3, -0.25) is 4.90 Å². The van der Waals surface area contributed by atoms with Crippen LogP contribution in [0.25, 0.3) is 0 Å². The Morgan fingerprint density at radius 3 is 2.67 bits per heavy atom. The second-order valence-corrected chi connectivity index (χ2v) is 4.42. The van der Waals surface area contributed by atoms with Crippen LogP contribution >= 0.6 is 11.6 Å². The van der Waals surface area contributed by atoms with Gasteiger partial charge in [-0.25, -0.2) is 9.59 Å². The number of halogens is 1. The molecule has 96 valence electrons. The Hall–Kier alpha value is -1.75. The molecule has 0 spiro atoms. The molecule has 0 aromatic heterocycles. The molecule has 1 heterocycles. The fourth-order valence-corrected chi connectivity index (χ4v) is 2.05. The van der Waals surface area contributed by atoms with Crippen molar-refractivity contribution in [3.63, 3.8) is 0 Å². The van der Waals surface area contributed by atoms with Gasteiger partial charge in [0.1, 0.15) is 0 Å². The maximum Gasteiger partial charge on any atom is 0.337 e. The lowest BCUT2D eigenvalue weighted by atomic mass is 10.2. The van der Waals surface area contributed by atoms with Crippen molar-refractivity contribution in [2.24, 2.45) is 0 Å². The van der Waals surface area contributed by atoms with Gasteiger partial charge in [-0.2, -0.15) is 0 Å². The van der Waals surface area contributed by atoms with Crippen molar-refractivity contribution in [1.29, 1.82) is 0 Å². The van der Waals surface area contributed by atoms with Gasteiger partial charge in [-0.05, 0) is 18.2 Å². The van der Waals surface area contributed by atoms with E-state index in [1.807, 2.05) is 0 Å². The van der Waals surface area contributed by atoms with Crippen molar-refractivity contribution < 1.29 is 14.3 Å². The van der Waals surface area contributed by atoms with E-state index in [0.717, 1.165) is 0 Å². The Bertz CT molecular complexity index is 504. The van der Waals surface area contributed by atoms with E-state index in [4.69, 9.17) is 11.6 Å². The number of hydrogen-bond donors (Lipinski definition) is 0. The third-order valence-electron chi connectivity index (χ3n) is 2.87. The molecule has 5 nitrogen and oxygen atoms in total. The molecule has 6 heteroatoms. The van der Waals surface area contributed by atoms with E-state index in [1.54, 1.807) is 35.0 Å². The van der Waals surface area contributed by atoms with E-state index >= 15 is 0 Å². The molecule has 0 unspecified atom stereocenters. The zero-order valence-electron chi connectivity index (χ0n) is 10.1. The van der Waals surface area contributed by atoms with Crippen LogP contribution in [0.4, 0.5) is 10.5 Å². The van der Waals surface area contributed by atoms with E-state index in [2.05, 4.69) is 4.74 Å². The molecular weight excluding hydrogens is 256 g/mol. The van der Waals surface area contributed by atoms with Crippen molar-refractivity contribution in [3.8, 4) is 0 Å². The quantitative estimate of drug-likeness (QED) is 0.771. The van der Waals surface area contributed by atoms with Gasteiger partial charge in [0.2, 0.25) is 0 Å². The molecule has 0 atom stereocenters. The Labute approximate surface area is 110 Å². The molecule has 1 aromatic carbocycles. The van der Waals surface area contributed by atoms with Gasteiger partial charge in [-0.15, -0.1) is 0 Å². The lowest BCUT2D eigenvalue weighted by molar-refractivity contribution is 0.0600. The largest absolute Gasteiger partial charge is 0.465 e. The van der Waals surface area contributed by atoms with Crippen LogP contribution in [0, 0.1) is 0 Å². The Morgan fingerprint density at radius 2 is 2.11 bits per heavy atom. The van der Waals surface area contributed by atoms with Crippen LogP contribution in [0.3, 0.4) is 0 Å². The standard InChI is InChI=1S/C12H13ClN2O3/c1-14-5-6-15(12(14)17)10-7-8(11(16)18-2)3-4-9(10)13/h3-4,7H,5-6H2,1-2H3. The number of nitrogens with zero attached hydrogens (tertiary/aromatic N) is 2. The minimum Gasteiger partial charge on any atom is -0.465 e. The van der Waals surface area contributed by atoms with Gasteiger partial charge >= 0.3 is 12.0 Å². The number of methoxy groups -OCH3 is 1. The first-order valence-electron chi connectivity index (χ1n) is 5.45. The molecule has 0 aliphatic carbocycles. The second kappa shape index (κ2) is 4.86. The minimum atomic E-state index is -0.451. The van der Waals surface area contributed by atoms with Gasteiger partial charge in [0, 0.05) is 20.1 Å². The highest BCUT2D eigenvalue weighted by Crippen LogP contribution is 2.29. The summed E-state index contributed by atoms with van der Waals surface area (Å²) in [5.41, 5.74) is 0.910. The molecule has 2 rings (SSSR count). The Morgan fingerprint density at radius 1 is 1.39 bits per heavy atom. The highest BCUT2D eigenvalue weighted by molar-refractivity contribution is 6.34. The smallest absolute Gasteiger partial charge is 0.337 e. The summed E-state index contributed by atoms with van der Waals surface area (Å²) < 4.78 is 4.65. The van der Waals surface area contributed by atoms with Gasteiger partial charge in [0.25, 0.3) is 0 Å². The van der Waals surface area contributed by atoms with Crippen molar-refractivity contribution in [2.45, 2.75) is 0 Å². The lowest BCUT2D eigenvalue weighted by Crippen LogP contribution is -2.29. The van der Waals surface area contributed by atoms with E-state index < -0.39 is 5.97 Å². The van der Waals surface area contributed by atoms with Gasteiger partial charge in [-0.1, -0.05) is 11.6 Å². The van der Waals surface area contributed by atoms with Crippen molar-refractivity contribution >= 4 is 29.3 Å². The first-order chi connectivity index (χ1) is 8.54. The molecule has 2 amide bonds. The Balaban J connectivity index is 2.38. The monoisotopic (exact) mass is 268 g/mol. The SMILES string of the molecule is COC(=O)c1ccc(Cl)c(N2CCN(C)C2=O)c1. The topological polar surface area (TPSA) is 49.9 Å². The molecule has 18 heavy (non-hydrogen) atoms. The third-order valence-corrected chi connectivity index (χ3v) is 3.19. The van der Waals surface area contributed by atoms with Crippen LogP contribution in [-0.2, 0) is 4.74 Å². The number of carbonyl (C=O) groups is 2. The number of amides is 2. The maximum atomic E-state index is 11.9. The average molecular weight is 269 g/mol. The summed E-state index contributed by atoms with van der Waals surface area (Å²) in [7, 11) is 3.03. The van der Waals surface area contributed by atoms with E-state index in [1.165, 1.54) is 7.11 Å². The predicted octanol–water partition coefficient (Wildman–Crippen LogP) is 2.00. The first kappa shape index (κ1) is 12.7. The normalized spacial score (nSPS) is 15.2. The summed E-state index contributed by atoms with van der Waals surface area (Å²) in [6.07, 6.45) is 0. The van der Waals surface area contributed by atoms with Crippen LogP contribution in [0.15, 0.2) is 18.2 Å². The first-order valence-corrected chi connectivity index (χ1v) is 5.83. The lowest BCUT2D eigenvalue weighted by Gasteiger charge is -2.18. The summed E-state index contributed by atoms with van der Waals surface area (Å²) in [6, 6.07) is 4.61. The number of urea groups is 1. The number of anilines is 1. The molecule has 0 saturated carbocycles. The van der Waals surface area contributed by atoms with Crippen molar-refractivity contribution in [3.05, 3.63) is 28.8 Å². The highest BCUT2D eigenvalue weighted by Gasteiger charge is 2.28. The van der Waals surface area contributed by atoms with Crippen LogP contribution in [-0.4, -0.2) is 44.1 Å². The number of benzene rings is 1. The fraction of sp³-hybridized carbons (Fsp3) is 0.333. The highest BCUT2D eigenvalue weighted by atomic mass is 35.5. The zero-order chi connectivity index (χ0) is 13.3. The number of hydrogen-bond acceptors (Lipinski definition) is 3. The Kier molecular flexibility index (Phi) is 3.43. The van der Waals surface area contributed by atoms with Crippen LogP contribution in [0.1, 0.15) is 10.4 Å². The summed E-state index contributed by atoms with van der Waals surface area (Å²) in [4.78, 5) is 26.5. The number of carbonyl (C=O) groups excluding carboxylic acids is 2. The van der Waals surface area contributed by atoms with Crippen LogP contribution in [0.2, 0.25) is 5.02 Å². The van der Waals surface area contributed by atoms with Crippen molar-refractivity contribution in [1.82, 2.24) is 4.90 Å². The average Bonchev–Trinajstić information content (AvgIpc) is 2.70. The summed E-state index contributed by atoms with van der Waals surface area (Å²) in [5.74, 6) is -0.451. The summed E-state index contributed by atoms with van der Waals surface area (Å²) in [5, 5.41) is 0.436. The van der Waals surface area contributed by atoms with E-state index in [-0.39, 0.29) is 6.03 Å². The maximum absolute atomic E-state index is 11.9. The van der Waals surface area contributed by atoms with Crippen molar-refractivity contribution in [2.75, 3.05) is 32.1 Å². The molecule has 1 aliphatic heterocycles. The van der Waals surface area contributed by atoms with Crippen LogP contribution in [0.5, 0.6) is 0 Å². The summed E-state index contributed by atoms with van der Waals surface area (Å²) >= 11 is 6.07. The van der Waals surface area contributed by atoms with Gasteiger partial charge < -0.3 is 9.64 Å².